The van der Waals surface area contributed by atoms with Crippen LogP contribution in [0.1, 0.15) is 39.2 Å². The predicted molar refractivity (Wildman–Crippen MR) is 147 cm³/mol. The van der Waals surface area contributed by atoms with Crippen LogP contribution in [-0.2, 0) is 20.8 Å². The summed E-state index contributed by atoms with van der Waals surface area (Å²) in [6, 6.07) is 14.9. The van der Waals surface area contributed by atoms with Gasteiger partial charge in [0.2, 0.25) is 11.8 Å². The lowest BCUT2D eigenvalue weighted by Gasteiger charge is -2.23. The van der Waals surface area contributed by atoms with Crippen molar-refractivity contribution < 1.29 is 18.2 Å². The molecule has 0 aliphatic carbocycles. The van der Waals surface area contributed by atoms with E-state index in [4.69, 9.17) is 5.73 Å². The Hall–Kier alpha value is -2.66. The molecule has 0 radical (unpaired) electrons. The molecular weight excluding hydrogens is 493 g/mol. The standard InChI is InChI=1S/C20H32FN5O3S.C7H8/c1-4-9-25-10-11-26(30(25)29)15(3)20(28)23-13-17(22)12-14(2)19(27)24-18-7-5-16(21)6-8-18;1-7-5-3-2-4-6-7/h5-8,14-15,17H,4,9-13,22H2,1-3H3,(H,23,28)(H,24,27);2-6H,1H3/t14?,15-,17?,30?;/m1./s1. The van der Waals surface area contributed by atoms with Crippen molar-refractivity contribution in [2.24, 2.45) is 11.7 Å². The van der Waals surface area contributed by atoms with Gasteiger partial charge in [0.15, 0.2) is 11.2 Å². The summed E-state index contributed by atoms with van der Waals surface area (Å²) in [4.78, 5) is 24.7. The van der Waals surface area contributed by atoms with Gasteiger partial charge in [-0.25, -0.2) is 12.9 Å². The highest BCUT2D eigenvalue weighted by Gasteiger charge is 2.34. The SMILES string of the molecule is CCCN1CCN([C@H](C)C(=O)NCC(N)CC(C)C(=O)Nc2ccc(F)cc2)S1=O.Cc1ccccc1. The smallest absolute Gasteiger partial charge is 0.238 e. The Kier molecular flexibility index (Phi) is 12.9. The van der Waals surface area contributed by atoms with E-state index in [9.17, 15) is 18.2 Å². The van der Waals surface area contributed by atoms with E-state index in [0.717, 1.165) is 13.0 Å². The Morgan fingerprint density at radius 1 is 1.05 bits per heavy atom. The van der Waals surface area contributed by atoms with Crippen LogP contribution in [0.5, 0.6) is 0 Å². The van der Waals surface area contributed by atoms with Crippen LogP contribution < -0.4 is 16.4 Å². The molecule has 2 aromatic rings. The summed E-state index contributed by atoms with van der Waals surface area (Å²) in [5, 5.41) is 5.51. The number of aryl methyl sites for hydroxylation is 1. The first kappa shape index (κ1) is 30.6. The zero-order valence-corrected chi connectivity index (χ0v) is 23.0. The molecule has 1 saturated heterocycles. The molecule has 3 unspecified atom stereocenters. The maximum Gasteiger partial charge on any atom is 0.238 e. The van der Waals surface area contributed by atoms with Gasteiger partial charge in [0.25, 0.3) is 0 Å². The fourth-order valence-electron chi connectivity index (χ4n) is 3.77. The van der Waals surface area contributed by atoms with E-state index >= 15 is 0 Å². The monoisotopic (exact) mass is 533 g/mol. The first-order valence-corrected chi connectivity index (χ1v) is 13.7. The molecule has 37 heavy (non-hydrogen) atoms. The molecule has 1 aliphatic heterocycles. The zero-order chi connectivity index (χ0) is 27.4. The average Bonchev–Trinajstić information content (AvgIpc) is 3.24. The normalized spacial score (nSPS) is 18.3. The minimum Gasteiger partial charge on any atom is -0.353 e. The van der Waals surface area contributed by atoms with Crippen LogP contribution in [0, 0.1) is 18.7 Å². The number of halogens is 1. The van der Waals surface area contributed by atoms with Gasteiger partial charge in [-0.05, 0) is 51.0 Å². The Bertz CT molecular complexity index is 1010. The van der Waals surface area contributed by atoms with Gasteiger partial charge in [0.1, 0.15) is 5.82 Å². The number of hydrogen-bond donors (Lipinski definition) is 3. The van der Waals surface area contributed by atoms with Crippen LogP contribution >= 0.6 is 0 Å². The average molecular weight is 534 g/mol. The van der Waals surface area contributed by atoms with E-state index in [1.807, 2.05) is 29.4 Å². The van der Waals surface area contributed by atoms with E-state index in [2.05, 4.69) is 29.7 Å². The summed E-state index contributed by atoms with van der Waals surface area (Å²) in [5.74, 6) is -1.21. The van der Waals surface area contributed by atoms with Crippen molar-refractivity contribution >= 4 is 28.7 Å². The third kappa shape index (κ3) is 10.3. The number of carbonyl (C=O) groups is 2. The molecular formula is C27H40FN5O3S. The molecule has 0 aromatic heterocycles. The molecule has 0 saturated carbocycles. The van der Waals surface area contributed by atoms with Crippen molar-refractivity contribution in [1.29, 1.82) is 0 Å². The van der Waals surface area contributed by atoms with Crippen LogP contribution in [-0.4, -0.2) is 62.9 Å². The maximum atomic E-state index is 12.9. The van der Waals surface area contributed by atoms with Crippen LogP contribution in [0.15, 0.2) is 54.6 Å². The zero-order valence-electron chi connectivity index (χ0n) is 22.2. The third-order valence-electron chi connectivity index (χ3n) is 5.97. The highest BCUT2D eigenvalue weighted by Crippen LogP contribution is 2.16. The van der Waals surface area contributed by atoms with E-state index in [1.54, 1.807) is 18.2 Å². The van der Waals surface area contributed by atoms with Gasteiger partial charge in [-0.15, -0.1) is 0 Å². The first-order valence-electron chi connectivity index (χ1n) is 12.7. The molecule has 4 N–H and O–H groups in total. The highest BCUT2D eigenvalue weighted by atomic mass is 32.2. The number of amides is 2. The first-order chi connectivity index (χ1) is 17.6. The fraction of sp³-hybridized carbons (Fsp3) is 0.481. The van der Waals surface area contributed by atoms with Crippen molar-refractivity contribution in [3.63, 3.8) is 0 Å². The van der Waals surface area contributed by atoms with Crippen LogP contribution in [0.2, 0.25) is 0 Å². The van der Waals surface area contributed by atoms with E-state index in [0.29, 0.717) is 25.2 Å². The minimum absolute atomic E-state index is 0.219. The number of nitrogens with one attached hydrogen (secondary N) is 2. The summed E-state index contributed by atoms with van der Waals surface area (Å²) in [7, 11) is 0. The number of rotatable bonds is 10. The third-order valence-corrected chi connectivity index (χ3v) is 7.68. The summed E-state index contributed by atoms with van der Waals surface area (Å²) in [6.07, 6.45) is 1.28. The Balaban J connectivity index is 0.000000591. The van der Waals surface area contributed by atoms with Gasteiger partial charge in [0, 0.05) is 43.8 Å². The second kappa shape index (κ2) is 15.6. The quantitative estimate of drug-likeness (QED) is 0.436. The molecule has 3 rings (SSSR count). The van der Waals surface area contributed by atoms with Crippen LogP contribution in [0.25, 0.3) is 0 Å². The molecule has 0 spiro atoms. The maximum absolute atomic E-state index is 12.9. The van der Waals surface area contributed by atoms with Crippen molar-refractivity contribution in [3.05, 3.63) is 66.0 Å². The molecule has 8 nitrogen and oxygen atoms in total. The van der Waals surface area contributed by atoms with Gasteiger partial charge >= 0.3 is 0 Å². The van der Waals surface area contributed by atoms with E-state index in [1.165, 1.54) is 29.8 Å². The van der Waals surface area contributed by atoms with Gasteiger partial charge in [-0.2, -0.15) is 4.31 Å². The Morgan fingerprint density at radius 2 is 1.70 bits per heavy atom. The lowest BCUT2D eigenvalue weighted by atomic mass is 10.0. The number of nitrogens with two attached hydrogens (primary N) is 1. The number of anilines is 1. The number of carbonyl (C=O) groups excluding carboxylic acids is 2. The summed E-state index contributed by atoms with van der Waals surface area (Å²) < 4.78 is 28.9. The van der Waals surface area contributed by atoms with Crippen molar-refractivity contribution in [1.82, 2.24) is 13.9 Å². The van der Waals surface area contributed by atoms with Crippen molar-refractivity contribution in [2.75, 3.05) is 31.5 Å². The lowest BCUT2D eigenvalue weighted by molar-refractivity contribution is -0.124. The van der Waals surface area contributed by atoms with Crippen LogP contribution in [0.4, 0.5) is 10.1 Å². The van der Waals surface area contributed by atoms with Crippen molar-refractivity contribution in [2.45, 2.75) is 52.6 Å². The largest absolute Gasteiger partial charge is 0.353 e. The molecule has 1 heterocycles. The molecule has 204 valence electrons. The topological polar surface area (TPSA) is 108 Å². The Labute approximate surface area is 222 Å². The van der Waals surface area contributed by atoms with Gasteiger partial charge in [-0.1, -0.05) is 49.7 Å². The summed E-state index contributed by atoms with van der Waals surface area (Å²) in [5.41, 5.74) is 7.93. The number of nitrogens with zero attached hydrogens (tertiary/aromatic N) is 2. The second-order valence-corrected chi connectivity index (χ2v) is 10.7. The summed E-state index contributed by atoms with van der Waals surface area (Å²) in [6.45, 7) is 9.80. The van der Waals surface area contributed by atoms with E-state index in [-0.39, 0.29) is 30.1 Å². The van der Waals surface area contributed by atoms with Crippen LogP contribution in [0.3, 0.4) is 0 Å². The fourth-order valence-corrected chi connectivity index (χ4v) is 5.25. The predicted octanol–water partition coefficient (Wildman–Crippen LogP) is 3.22. The van der Waals surface area contributed by atoms with Gasteiger partial charge < -0.3 is 16.4 Å². The molecule has 0 bridgehead atoms. The Morgan fingerprint density at radius 3 is 2.27 bits per heavy atom. The molecule has 10 heteroatoms. The van der Waals surface area contributed by atoms with Gasteiger partial charge in [-0.3, -0.25) is 9.59 Å². The van der Waals surface area contributed by atoms with Gasteiger partial charge in [0.05, 0.1) is 6.04 Å². The molecule has 4 atom stereocenters. The summed E-state index contributed by atoms with van der Waals surface area (Å²) >= 11 is -1.30. The minimum atomic E-state index is -1.30. The number of benzene rings is 2. The lowest BCUT2D eigenvalue weighted by Crippen LogP contribution is -2.48. The molecule has 1 fully saturated rings. The van der Waals surface area contributed by atoms with E-state index < -0.39 is 23.3 Å². The highest BCUT2D eigenvalue weighted by molar-refractivity contribution is 7.80. The molecule has 1 aliphatic rings. The van der Waals surface area contributed by atoms with Crippen molar-refractivity contribution in [3.8, 4) is 0 Å². The molecule has 2 aromatic carbocycles. The molecule has 2 amide bonds. The second-order valence-electron chi connectivity index (χ2n) is 9.27. The number of hydrogen-bond acceptors (Lipinski definition) is 4.